The summed E-state index contributed by atoms with van der Waals surface area (Å²) in [6.45, 7) is 6.85. The average Bonchev–Trinajstić information content (AvgIpc) is 2.72. The molecule has 0 bridgehead atoms. The fourth-order valence-electron chi connectivity index (χ4n) is 2.87. The SMILES string of the molecule is CC(C)(C)c1ccc(S(=O)(=O)NCCC(=O)NCCCNC(=O)c2cccc(O)c2)cc1. The van der Waals surface area contributed by atoms with Gasteiger partial charge in [0.15, 0.2) is 0 Å². The summed E-state index contributed by atoms with van der Waals surface area (Å²) in [5.74, 6) is -0.574. The molecule has 0 heterocycles. The largest absolute Gasteiger partial charge is 0.508 e. The number of hydrogen-bond acceptors (Lipinski definition) is 5. The van der Waals surface area contributed by atoms with Crippen molar-refractivity contribution >= 4 is 21.8 Å². The highest BCUT2D eigenvalue weighted by Gasteiger charge is 2.17. The van der Waals surface area contributed by atoms with Gasteiger partial charge in [-0.2, -0.15) is 0 Å². The van der Waals surface area contributed by atoms with Crippen LogP contribution >= 0.6 is 0 Å². The first-order chi connectivity index (χ1) is 15.0. The van der Waals surface area contributed by atoms with Gasteiger partial charge in [-0.3, -0.25) is 9.59 Å². The summed E-state index contributed by atoms with van der Waals surface area (Å²) in [4.78, 5) is 24.0. The van der Waals surface area contributed by atoms with Crippen LogP contribution in [0, 0.1) is 0 Å². The molecule has 0 spiro atoms. The van der Waals surface area contributed by atoms with Crippen LogP contribution in [0.5, 0.6) is 5.75 Å². The molecule has 2 aromatic carbocycles. The molecule has 32 heavy (non-hydrogen) atoms. The first-order valence-corrected chi connectivity index (χ1v) is 11.9. The summed E-state index contributed by atoms with van der Waals surface area (Å²) in [7, 11) is -3.68. The normalized spacial score (nSPS) is 11.7. The van der Waals surface area contributed by atoms with Crippen LogP contribution in [0.25, 0.3) is 0 Å². The number of carbonyl (C=O) groups excluding carboxylic acids is 2. The smallest absolute Gasteiger partial charge is 0.251 e. The topological polar surface area (TPSA) is 125 Å². The third-order valence-electron chi connectivity index (χ3n) is 4.74. The summed E-state index contributed by atoms with van der Waals surface area (Å²) in [5, 5.41) is 14.8. The van der Waals surface area contributed by atoms with Crippen LogP contribution in [0.15, 0.2) is 53.4 Å². The Kier molecular flexibility index (Phi) is 8.80. The van der Waals surface area contributed by atoms with Crippen molar-refractivity contribution in [2.24, 2.45) is 0 Å². The molecule has 4 N–H and O–H groups in total. The Labute approximate surface area is 189 Å². The van der Waals surface area contributed by atoms with Gasteiger partial charge in [0.2, 0.25) is 15.9 Å². The number of benzene rings is 2. The fourth-order valence-corrected chi connectivity index (χ4v) is 3.90. The second-order valence-corrected chi connectivity index (χ2v) is 10.2. The second kappa shape index (κ2) is 11.1. The maximum Gasteiger partial charge on any atom is 0.251 e. The lowest BCUT2D eigenvalue weighted by molar-refractivity contribution is -0.120. The van der Waals surface area contributed by atoms with E-state index in [4.69, 9.17) is 0 Å². The Bertz CT molecular complexity index is 1030. The van der Waals surface area contributed by atoms with Crippen molar-refractivity contribution in [2.45, 2.75) is 43.9 Å². The van der Waals surface area contributed by atoms with E-state index in [1.807, 2.05) is 0 Å². The van der Waals surface area contributed by atoms with Gasteiger partial charge in [0, 0.05) is 31.6 Å². The van der Waals surface area contributed by atoms with Crippen molar-refractivity contribution in [1.29, 1.82) is 0 Å². The molecule has 0 atom stereocenters. The molecule has 0 radical (unpaired) electrons. The van der Waals surface area contributed by atoms with Crippen molar-refractivity contribution in [3.63, 3.8) is 0 Å². The van der Waals surface area contributed by atoms with Crippen LogP contribution < -0.4 is 15.4 Å². The Balaban J connectivity index is 1.66. The van der Waals surface area contributed by atoms with E-state index in [9.17, 15) is 23.1 Å². The number of amides is 2. The molecule has 8 nitrogen and oxygen atoms in total. The lowest BCUT2D eigenvalue weighted by Gasteiger charge is -2.19. The molecule has 2 amide bonds. The van der Waals surface area contributed by atoms with Crippen LogP contribution in [-0.4, -0.2) is 45.0 Å². The van der Waals surface area contributed by atoms with E-state index < -0.39 is 10.0 Å². The molecule has 2 rings (SSSR count). The third-order valence-corrected chi connectivity index (χ3v) is 6.22. The quantitative estimate of drug-likeness (QED) is 0.404. The fraction of sp³-hybridized carbons (Fsp3) is 0.391. The summed E-state index contributed by atoms with van der Waals surface area (Å²) in [5.41, 5.74) is 1.32. The van der Waals surface area contributed by atoms with Gasteiger partial charge in [-0.15, -0.1) is 0 Å². The van der Waals surface area contributed by atoms with Crippen LogP contribution in [0.1, 0.15) is 49.5 Å². The molecular formula is C23H31N3O5S. The van der Waals surface area contributed by atoms with Gasteiger partial charge < -0.3 is 15.7 Å². The number of rotatable bonds is 10. The van der Waals surface area contributed by atoms with Crippen molar-refractivity contribution in [3.8, 4) is 5.75 Å². The van der Waals surface area contributed by atoms with E-state index in [0.29, 0.717) is 25.1 Å². The number of sulfonamides is 1. The minimum absolute atomic E-state index is 0.00888. The number of phenolic OH excluding ortho intramolecular Hbond substituents is 1. The zero-order valence-electron chi connectivity index (χ0n) is 18.6. The number of aromatic hydroxyl groups is 1. The second-order valence-electron chi connectivity index (χ2n) is 8.43. The van der Waals surface area contributed by atoms with Crippen molar-refractivity contribution in [3.05, 3.63) is 59.7 Å². The Morgan fingerprint density at radius 3 is 2.22 bits per heavy atom. The predicted molar refractivity (Wildman–Crippen MR) is 123 cm³/mol. The molecule has 2 aromatic rings. The maximum atomic E-state index is 12.4. The number of hydrogen-bond donors (Lipinski definition) is 4. The monoisotopic (exact) mass is 461 g/mol. The minimum Gasteiger partial charge on any atom is -0.508 e. The van der Waals surface area contributed by atoms with Crippen molar-refractivity contribution in [1.82, 2.24) is 15.4 Å². The van der Waals surface area contributed by atoms with E-state index in [1.54, 1.807) is 36.4 Å². The van der Waals surface area contributed by atoms with E-state index in [0.717, 1.165) is 5.56 Å². The van der Waals surface area contributed by atoms with Crippen LogP contribution in [0.4, 0.5) is 0 Å². The zero-order chi connectivity index (χ0) is 23.8. The molecule has 0 saturated carbocycles. The molecule has 0 unspecified atom stereocenters. The first-order valence-electron chi connectivity index (χ1n) is 10.4. The average molecular weight is 462 g/mol. The molecule has 0 fully saturated rings. The standard InChI is InChI=1S/C23H31N3O5S/c1-23(2,3)18-8-10-20(11-9-18)32(30,31)26-15-12-21(28)24-13-5-14-25-22(29)17-6-4-7-19(27)16-17/h4,6-11,16,26-27H,5,12-15H2,1-3H3,(H,24,28)(H,25,29). The number of phenols is 1. The summed E-state index contributed by atoms with van der Waals surface area (Å²) in [6.07, 6.45) is 0.525. The lowest BCUT2D eigenvalue weighted by atomic mass is 9.87. The summed E-state index contributed by atoms with van der Waals surface area (Å²) >= 11 is 0. The first kappa shape index (κ1) is 25.4. The molecule has 0 aliphatic carbocycles. The van der Waals surface area contributed by atoms with Gasteiger partial charge in [0.25, 0.3) is 5.91 Å². The lowest BCUT2D eigenvalue weighted by Crippen LogP contribution is -2.32. The predicted octanol–water partition coefficient (Wildman–Crippen LogP) is 2.29. The van der Waals surface area contributed by atoms with Gasteiger partial charge >= 0.3 is 0 Å². The summed E-state index contributed by atoms with van der Waals surface area (Å²) in [6, 6.07) is 12.7. The van der Waals surface area contributed by atoms with E-state index in [1.165, 1.54) is 12.1 Å². The molecule has 174 valence electrons. The van der Waals surface area contributed by atoms with Gasteiger partial charge in [0.1, 0.15) is 5.75 Å². The minimum atomic E-state index is -3.68. The van der Waals surface area contributed by atoms with Crippen molar-refractivity contribution in [2.75, 3.05) is 19.6 Å². The maximum absolute atomic E-state index is 12.4. The molecule has 0 saturated heterocycles. The van der Waals surface area contributed by atoms with E-state index in [-0.39, 0.29) is 40.8 Å². The van der Waals surface area contributed by atoms with Crippen LogP contribution in [0.3, 0.4) is 0 Å². The van der Waals surface area contributed by atoms with Gasteiger partial charge in [-0.05, 0) is 47.7 Å². The molecule has 9 heteroatoms. The number of nitrogens with one attached hydrogen (secondary N) is 3. The van der Waals surface area contributed by atoms with Crippen LogP contribution in [0.2, 0.25) is 0 Å². The molecule has 0 aliphatic rings. The molecule has 0 aliphatic heterocycles. The Morgan fingerprint density at radius 1 is 0.938 bits per heavy atom. The third kappa shape index (κ3) is 7.97. The van der Waals surface area contributed by atoms with E-state index in [2.05, 4.69) is 36.1 Å². The van der Waals surface area contributed by atoms with Gasteiger partial charge in [-0.1, -0.05) is 39.0 Å². The highest BCUT2D eigenvalue weighted by Crippen LogP contribution is 2.23. The molecular weight excluding hydrogens is 430 g/mol. The highest BCUT2D eigenvalue weighted by atomic mass is 32.2. The van der Waals surface area contributed by atoms with Crippen molar-refractivity contribution < 1.29 is 23.1 Å². The van der Waals surface area contributed by atoms with Crippen LogP contribution in [-0.2, 0) is 20.2 Å². The van der Waals surface area contributed by atoms with Gasteiger partial charge in [0.05, 0.1) is 4.90 Å². The highest BCUT2D eigenvalue weighted by molar-refractivity contribution is 7.89. The number of carbonyl (C=O) groups is 2. The Hall–Kier alpha value is -2.91. The Morgan fingerprint density at radius 2 is 1.59 bits per heavy atom. The zero-order valence-corrected chi connectivity index (χ0v) is 19.5. The molecule has 0 aromatic heterocycles. The van der Waals surface area contributed by atoms with E-state index >= 15 is 0 Å². The summed E-state index contributed by atoms with van der Waals surface area (Å²) < 4.78 is 27.2. The van der Waals surface area contributed by atoms with Gasteiger partial charge in [-0.25, -0.2) is 13.1 Å².